The van der Waals surface area contributed by atoms with Crippen molar-refractivity contribution in [1.82, 2.24) is 20.4 Å². The number of nitrogens with one attached hydrogen (secondary N) is 1. The lowest BCUT2D eigenvalue weighted by atomic mass is 10.2. The minimum Gasteiger partial charge on any atom is -0.485 e. The van der Waals surface area contributed by atoms with Gasteiger partial charge in [-0.2, -0.15) is 5.10 Å². The fraction of sp³-hybridized carbons (Fsp3) is 0.143. The molecule has 1 aromatic heterocycles. The number of rotatable bonds is 6. The second-order valence-corrected chi connectivity index (χ2v) is 6.30. The molecule has 1 atom stereocenters. The van der Waals surface area contributed by atoms with Crippen molar-refractivity contribution in [1.29, 1.82) is 0 Å². The highest BCUT2D eigenvalue weighted by Gasteiger charge is 2.26. The minimum atomic E-state index is -0.746. The number of carbonyl (C=O) groups excluding carboxylic acids is 1. The number of amides is 1. The zero-order chi connectivity index (χ0) is 19.9. The van der Waals surface area contributed by atoms with E-state index in [0.29, 0.717) is 23.7 Å². The van der Waals surface area contributed by atoms with Crippen LogP contribution in [0.1, 0.15) is 11.3 Å². The van der Waals surface area contributed by atoms with Crippen LogP contribution in [0.15, 0.2) is 72.0 Å². The van der Waals surface area contributed by atoms with Gasteiger partial charge in [-0.15, -0.1) is 5.10 Å². The highest BCUT2D eigenvalue weighted by atomic mass is 16.6. The molecule has 3 aromatic rings. The zero-order valence-electron chi connectivity index (χ0n) is 15.5. The van der Waals surface area contributed by atoms with Crippen molar-refractivity contribution in [3.8, 4) is 11.5 Å². The summed E-state index contributed by atoms with van der Waals surface area (Å²) >= 11 is 0. The summed E-state index contributed by atoms with van der Waals surface area (Å²) in [6.45, 7) is 0.789. The first kappa shape index (κ1) is 18.4. The number of ether oxygens (including phenoxy) is 2. The van der Waals surface area contributed by atoms with Crippen LogP contribution < -0.4 is 14.9 Å². The Kier molecular flexibility index (Phi) is 5.61. The number of carbonyl (C=O) groups is 1. The van der Waals surface area contributed by atoms with Gasteiger partial charge in [0.2, 0.25) is 6.10 Å². The van der Waals surface area contributed by atoms with Crippen molar-refractivity contribution in [3.63, 3.8) is 0 Å². The van der Waals surface area contributed by atoms with Crippen molar-refractivity contribution in [2.75, 3.05) is 6.61 Å². The van der Waals surface area contributed by atoms with Crippen LogP contribution in [0.25, 0.3) is 6.08 Å². The van der Waals surface area contributed by atoms with Crippen molar-refractivity contribution >= 4 is 18.2 Å². The van der Waals surface area contributed by atoms with Gasteiger partial charge < -0.3 is 9.47 Å². The molecule has 0 saturated carbocycles. The molecule has 0 saturated heterocycles. The molecule has 2 heterocycles. The smallest absolute Gasteiger partial charge is 0.284 e. The predicted octanol–water partition coefficient (Wildman–Crippen LogP) is 2.28. The summed E-state index contributed by atoms with van der Waals surface area (Å²) in [5.74, 6) is 0.794. The van der Waals surface area contributed by atoms with Crippen LogP contribution in [-0.2, 0) is 11.3 Å². The molecule has 0 fully saturated rings. The van der Waals surface area contributed by atoms with E-state index in [2.05, 4.69) is 20.8 Å². The van der Waals surface area contributed by atoms with Crippen LogP contribution in [-0.4, -0.2) is 39.8 Å². The monoisotopic (exact) mass is 389 g/mol. The first-order valence-electron chi connectivity index (χ1n) is 9.10. The van der Waals surface area contributed by atoms with Gasteiger partial charge >= 0.3 is 0 Å². The van der Waals surface area contributed by atoms with Gasteiger partial charge in [-0.25, -0.2) is 10.1 Å². The number of fused-ring (bicyclic) bond motifs is 1. The number of aromatic nitrogens is 3. The van der Waals surface area contributed by atoms with E-state index in [4.69, 9.17) is 9.47 Å². The fourth-order valence-electron chi connectivity index (χ4n) is 2.74. The van der Waals surface area contributed by atoms with Gasteiger partial charge in [-0.3, -0.25) is 4.79 Å². The number of para-hydroxylation sites is 2. The molecule has 29 heavy (non-hydrogen) atoms. The Hall–Kier alpha value is -3.94. The second-order valence-electron chi connectivity index (χ2n) is 6.30. The van der Waals surface area contributed by atoms with E-state index in [9.17, 15) is 4.79 Å². The van der Waals surface area contributed by atoms with E-state index in [0.717, 1.165) is 5.56 Å². The summed E-state index contributed by atoms with van der Waals surface area (Å²) in [5.41, 5.74) is 4.28. The van der Waals surface area contributed by atoms with Gasteiger partial charge in [-0.1, -0.05) is 47.7 Å². The molecule has 8 nitrogen and oxygen atoms in total. The highest BCUT2D eigenvalue weighted by molar-refractivity contribution is 5.84. The Bertz CT molecular complexity index is 1030. The SMILES string of the molecule is O=C(N/N=C\C=C\c1cn(Cc2ccccc2)nn1)[C@H]1COc2ccccc2O1. The molecule has 0 aliphatic carbocycles. The number of allylic oxidation sites excluding steroid dienone is 1. The molecule has 0 bridgehead atoms. The van der Waals surface area contributed by atoms with Crippen LogP contribution in [0, 0.1) is 0 Å². The molecule has 1 aliphatic heterocycles. The molecule has 4 rings (SSSR count). The van der Waals surface area contributed by atoms with Crippen LogP contribution in [0.5, 0.6) is 11.5 Å². The topological polar surface area (TPSA) is 90.6 Å². The molecular formula is C21H19N5O3. The Morgan fingerprint density at radius 3 is 2.83 bits per heavy atom. The molecule has 1 aliphatic rings. The maximum atomic E-state index is 12.1. The molecule has 1 amide bonds. The minimum absolute atomic E-state index is 0.138. The molecule has 146 valence electrons. The molecule has 0 unspecified atom stereocenters. The number of hydrazone groups is 1. The Balaban J connectivity index is 1.25. The van der Waals surface area contributed by atoms with Crippen LogP contribution >= 0.6 is 0 Å². The van der Waals surface area contributed by atoms with E-state index in [1.165, 1.54) is 6.21 Å². The molecule has 8 heteroatoms. The average molecular weight is 389 g/mol. The van der Waals surface area contributed by atoms with E-state index < -0.39 is 6.10 Å². The Labute approximate surface area is 167 Å². The van der Waals surface area contributed by atoms with Crippen molar-refractivity contribution in [2.45, 2.75) is 12.6 Å². The molecule has 0 spiro atoms. The maximum Gasteiger partial charge on any atom is 0.284 e. The third-order valence-electron chi connectivity index (χ3n) is 4.15. The molecule has 2 aromatic carbocycles. The van der Waals surface area contributed by atoms with Gasteiger partial charge in [0.1, 0.15) is 12.3 Å². The number of hydrogen-bond acceptors (Lipinski definition) is 6. The van der Waals surface area contributed by atoms with Crippen molar-refractivity contribution in [3.05, 3.63) is 78.1 Å². The van der Waals surface area contributed by atoms with E-state index in [1.807, 2.05) is 48.7 Å². The van der Waals surface area contributed by atoms with Crippen molar-refractivity contribution < 1.29 is 14.3 Å². The Morgan fingerprint density at radius 2 is 1.97 bits per heavy atom. The number of hydrogen-bond donors (Lipinski definition) is 1. The first-order chi connectivity index (χ1) is 14.3. The molecule has 0 radical (unpaired) electrons. The second kappa shape index (κ2) is 8.83. The Morgan fingerprint density at radius 1 is 1.17 bits per heavy atom. The standard InChI is InChI=1S/C21H19N5O3/c27-21(20-15-28-18-10-4-5-11-19(18)29-20)24-22-12-6-9-17-14-26(25-23-17)13-16-7-2-1-3-8-16/h1-12,14,20H,13,15H2,(H,24,27)/b9-6+,22-12-/t20-/m1/s1. The van der Waals surface area contributed by atoms with E-state index >= 15 is 0 Å². The predicted molar refractivity (Wildman–Crippen MR) is 108 cm³/mol. The molecular weight excluding hydrogens is 370 g/mol. The van der Waals surface area contributed by atoms with Gasteiger partial charge in [0, 0.05) is 6.21 Å². The van der Waals surface area contributed by atoms with E-state index in [-0.39, 0.29) is 12.5 Å². The first-order valence-corrected chi connectivity index (χ1v) is 9.10. The lowest BCUT2D eigenvalue weighted by Crippen LogP contribution is -2.42. The van der Waals surface area contributed by atoms with Crippen LogP contribution in [0.3, 0.4) is 0 Å². The average Bonchev–Trinajstić information content (AvgIpc) is 3.21. The van der Waals surface area contributed by atoms with Gasteiger partial charge in [0.15, 0.2) is 11.5 Å². The van der Waals surface area contributed by atoms with Crippen LogP contribution in [0.2, 0.25) is 0 Å². The van der Waals surface area contributed by atoms with Gasteiger partial charge in [0.25, 0.3) is 5.91 Å². The lowest BCUT2D eigenvalue weighted by Gasteiger charge is -2.24. The third kappa shape index (κ3) is 4.86. The van der Waals surface area contributed by atoms with Gasteiger partial charge in [-0.05, 0) is 29.8 Å². The third-order valence-corrected chi connectivity index (χ3v) is 4.15. The largest absolute Gasteiger partial charge is 0.485 e. The summed E-state index contributed by atoms with van der Waals surface area (Å²) in [4.78, 5) is 12.1. The highest BCUT2D eigenvalue weighted by Crippen LogP contribution is 2.30. The van der Waals surface area contributed by atoms with Crippen molar-refractivity contribution in [2.24, 2.45) is 5.10 Å². The summed E-state index contributed by atoms with van der Waals surface area (Å²) in [6, 6.07) is 17.2. The number of benzene rings is 2. The maximum absolute atomic E-state index is 12.1. The number of nitrogens with zero attached hydrogens (tertiary/aromatic N) is 4. The lowest BCUT2D eigenvalue weighted by molar-refractivity contribution is -0.130. The summed E-state index contributed by atoms with van der Waals surface area (Å²) in [5, 5.41) is 12.1. The normalized spacial score (nSPS) is 15.7. The van der Waals surface area contributed by atoms with Gasteiger partial charge in [0.05, 0.1) is 12.7 Å². The fourth-order valence-corrected chi connectivity index (χ4v) is 2.74. The van der Waals surface area contributed by atoms with Crippen LogP contribution in [0.4, 0.5) is 0 Å². The summed E-state index contributed by atoms with van der Waals surface area (Å²) in [7, 11) is 0. The molecule has 1 N–H and O–H groups in total. The summed E-state index contributed by atoms with van der Waals surface area (Å²) < 4.78 is 12.9. The summed E-state index contributed by atoms with van der Waals surface area (Å²) in [6.07, 6.45) is 5.97. The quantitative estimate of drug-likeness (QED) is 0.516. The zero-order valence-corrected chi connectivity index (χ0v) is 15.5. The van der Waals surface area contributed by atoms with E-state index in [1.54, 1.807) is 29.0 Å².